The van der Waals surface area contributed by atoms with E-state index in [0.717, 1.165) is 22.6 Å². The summed E-state index contributed by atoms with van der Waals surface area (Å²) in [5, 5.41) is 2.92. The molecule has 0 aliphatic rings. The van der Waals surface area contributed by atoms with Crippen LogP contribution in [-0.4, -0.2) is 37.7 Å². The van der Waals surface area contributed by atoms with E-state index in [1.165, 1.54) is 6.08 Å². The van der Waals surface area contributed by atoms with Crippen molar-refractivity contribution in [3.05, 3.63) is 51.9 Å². The largest absolute Gasteiger partial charge is 0.494 e. The van der Waals surface area contributed by atoms with Crippen LogP contribution in [0.4, 0.5) is 5.00 Å². The Labute approximate surface area is 179 Å². The molecule has 0 unspecified atom stereocenters. The van der Waals surface area contributed by atoms with Gasteiger partial charge in [0.05, 0.1) is 25.4 Å². The number of amides is 1. The van der Waals surface area contributed by atoms with E-state index in [-0.39, 0.29) is 28.7 Å². The Morgan fingerprint density at radius 3 is 2.20 bits per heavy atom. The molecule has 0 fully saturated rings. The molecule has 0 aliphatic heterocycles. The maximum Gasteiger partial charge on any atom is 0.348 e. The molecule has 0 bridgehead atoms. The predicted molar refractivity (Wildman–Crippen MR) is 116 cm³/mol. The normalized spacial score (nSPS) is 10.7. The maximum absolute atomic E-state index is 12.4. The van der Waals surface area contributed by atoms with Crippen LogP contribution in [0.15, 0.2) is 30.3 Å². The molecule has 1 aromatic carbocycles. The first-order chi connectivity index (χ1) is 14.4. The first kappa shape index (κ1) is 23.2. The molecular weight excluding hydrogens is 406 g/mol. The highest BCUT2D eigenvalue weighted by Crippen LogP contribution is 2.34. The number of thiophene rings is 1. The molecule has 7 nitrogen and oxygen atoms in total. The van der Waals surface area contributed by atoms with Gasteiger partial charge in [0.15, 0.2) is 0 Å². The van der Waals surface area contributed by atoms with Crippen molar-refractivity contribution < 1.29 is 28.6 Å². The van der Waals surface area contributed by atoms with E-state index in [1.807, 2.05) is 31.2 Å². The van der Waals surface area contributed by atoms with E-state index in [4.69, 9.17) is 14.2 Å². The van der Waals surface area contributed by atoms with Crippen LogP contribution in [0.5, 0.6) is 5.75 Å². The van der Waals surface area contributed by atoms with Gasteiger partial charge in [0.25, 0.3) is 0 Å². The number of benzene rings is 1. The number of carbonyl (C=O) groups is 3. The van der Waals surface area contributed by atoms with Crippen molar-refractivity contribution in [1.82, 2.24) is 0 Å². The molecule has 1 heterocycles. The first-order valence-electron chi connectivity index (χ1n) is 9.60. The summed E-state index contributed by atoms with van der Waals surface area (Å²) < 4.78 is 15.5. The molecule has 0 saturated carbocycles. The van der Waals surface area contributed by atoms with Gasteiger partial charge < -0.3 is 19.5 Å². The van der Waals surface area contributed by atoms with Gasteiger partial charge in [-0.25, -0.2) is 9.59 Å². The minimum atomic E-state index is -0.604. The number of nitrogens with one attached hydrogen (secondary N) is 1. The van der Waals surface area contributed by atoms with Crippen molar-refractivity contribution in [2.45, 2.75) is 27.7 Å². The number of ether oxygens (including phenoxy) is 3. The quantitative estimate of drug-likeness (QED) is 0.466. The zero-order valence-electron chi connectivity index (χ0n) is 17.4. The molecule has 0 aliphatic carbocycles. The average Bonchev–Trinajstić information content (AvgIpc) is 3.04. The summed E-state index contributed by atoms with van der Waals surface area (Å²) in [6.07, 6.45) is 2.99. The maximum atomic E-state index is 12.4. The zero-order valence-corrected chi connectivity index (χ0v) is 18.3. The van der Waals surface area contributed by atoms with Crippen LogP contribution in [0.3, 0.4) is 0 Å². The number of esters is 2. The summed E-state index contributed by atoms with van der Waals surface area (Å²) in [5.41, 5.74) is 1.39. The fraction of sp³-hybridized carbons (Fsp3) is 0.318. The average molecular weight is 432 g/mol. The first-order valence-corrected chi connectivity index (χ1v) is 10.4. The number of carbonyl (C=O) groups excluding carboxylic acids is 3. The van der Waals surface area contributed by atoms with Crippen LogP contribution >= 0.6 is 11.3 Å². The van der Waals surface area contributed by atoms with Gasteiger partial charge in [0.1, 0.15) is 15.6 Å². The van der Waals surface area contributed by atoms with Crippen molar-refractivity contribution in [3.63, 3.8) is 0 Å². The third kappa shape index (κ3) is 5.93. The van der Waals surface area contributed by atoms with Gasteiger partial charge in [0, 0.05) is 6.08 Å². The van der Waals surface area contributed by atoms with Crippen molar-refractivity contribution in [1.29, 1.82) is 0 Å². The summed E-state index contributed by atoms with van der Waals surface area (Å²) >= 11 is 0.988. The molecule has 30 heavy (non-hydrogen) atoms. The van der Waals surface area contributed by atoms with Crippen LogP contribution in [0.1, 0.15) is 51.9 Å². The third-order valence-electron chi connectivity index (χ3n) is 3.94. The fourth-order valence-corrected chi connectivity index (χ4v) is 3.70. The fourth-order valence-electron chi connectivity index (χ4n) is 2.61. The van der Waals surface area contributed by atoms with Crippen molar-refractivity contribution in [3.8, 4) is 5.75 Å². The number of hydrogen-bond donors (Lipinski definition) is 1. The number of anilines is 1. The molecule has 1 N–H and O–H groups in total. The minimum Gasteiger partial charge on any atom is -0.494 e. The molecule has 0 atom stereocenters. The van der Waals surface area contributed by atoms with Crippen LogP contribution in [0, 0.1) is 6.92 Å². The Morgan fingerprint density at radius 1 is 0.967 bits per heavy atom. The second kappa shape index (κ2) is 11.2. The lowest BCUT2D eigenvalue weighted by atomic mass is 10.1. The Morgan fingerprint density at radius 2 is 1.60 bits per heavy atom. The molecule has 160 valence electrons. The Balaban J connectivity index is 2.22. The molecule has 0 saturated heterocycles. The van der Waals surface area contributed by atoms with Crippen molar-refractivity contribution in [2.24, 2.45) is 0 Å². The number of rotatable bonds is 9. The van der Waals surface area contributed by atoms with Gasteiger partial charge in [0.2, 0.25) is 5.91 Å². The second-order valence-electron chi connectivity index (χ2n) is 6.03. The Bertz CT molecular complexity index is 930. The van der Waals surface area contributed by atoms with Crippen LogP contribution in [0.2, 0.25) is 0 Å². The molecule has 8 heteroatoms. The highest BCUT2D eigenvalue weighted by atomic mass is 32.1. The second-order valence-corrected chi connectivity index (χ2v) is 7.05. The van der Waals surface area contributed by atoms with Crippen LogP contribution in [-0.2, 0) is 14.3 Å². The van der Waals surface area contributed by atoms with E-state index in [1.54, 1.807) is 26.8 Å². The van der Waals surface area contributed by atoms with E-state index in [0.29, 0.717) is 12.2 Å². The van der Waals surface area contributed by atoms with Gasteiger partial charge in [-0.3, -0.25) is 4.79 Å². The standard InChI is InChI=1S/C22H25NO6S/c1-5-27-16-11-8-15(9-12-16)10-13-17(24)23-20-18(21(25)28-6-2)14(4)19(30-20)22(26)29-7-3/h8-13H,5-7H2,1-4H3,(H,23,24). The molecular formula is C22H25NO6S. The van der Waals surface area contributed by atoms with Crippen LogP contribution < -0.4 is 10.1 Å². The van der Waals surface area contributed by atoms with Crippen molar-refractivity contribution in [2.75, 3.05) is 25.1 Å². The molecule has 1 amide bonds. The molecule has 2 rings (SSSR count). The van der Waals surface area contributed by atoms with E-state index in [9.17, 15) is 14.4 Å². The van der Waals surface area contributed by atoms with Crippen LogP contribution in [0.25, 0.3) is 6.08 Å². The summed E-state index contributed by atoms with van der Waals surface area (Å²) in [6, 6.07) is 7.28. The molecule has 2 aromatic rings. The van der Waals surface area contributed by atoms with Gasteiger partial charge in [-0.1, -0.05) is 12.1 Å². The summed E-state index contributed by atoms with van der Waals surface area (Å²) in [5.74, 6) is -0.839. The topological polar surface area (TPSA) is 90.9 Å². The SMILES string of the molecule is CCOC(=O)c1sc(NC(=O)C=Cc2ccc(OCC)cc2)c(C(=O)OCC)c1C. The smallest absolute Gasteiger partial charge is 0.348 e. The van der Waals surface area contributed by atoms with Crippen molar-refractivity contribution >= 4 is 40.3 Å². The summed E-state index contributed by atoms with van der Waals surface area (Å²) in [4.78, 5) is 37.2. The van der Waals surface area contributed by atoms with Gasteiger partial charge in [-0.05, 0) is 57.0 Å². The third-order valence-corrected chi connectivity index (χ3v) is 5.13. The summed E-state index contributed by atoms with van der Waals surface area (Å²) in [6.45, 7) is 7.87. The molecule has 0 spiro atoms. The molecule has 0 radical (unpaired) electrons. The Kier molecular flexibility index (Phi) is 8.61. The number of hydrogen-bond acceptors (Lipinski definition) is 7. The van der Waals surface area contributed by atoms with Gasteiger partial charge in [-0.2, -0.15) is 0 Å². The van der Waals surface area contributed by atoms with Gasteiger partial charge >= 0.3 is 11.9 Å². The van der Waals surface area contributed by atoms with E-state index < -0.39 is 17.8 Å². The summed E-state index contributed by atoms with van der Waals surface area (Å²) in [7, 11) is 0. The highest BCUT2D eigenvalue weighted by molar-refractivity contribution is 7.18. The lowest BCUT2D eigenvalue weighted by Crippen LogP contribution is -2.13. The lowest BCUT2D eigenvalue weighted by molar-refractivity contribution is -0.111. The lowest BCUT2D eigenvalue weighted by Gasteiger charge is -2.05. The van der Waals surface area contributed by atoms with E-state index >= 15 is 0 Å². The monoisotopic (exact) mass is 431 g/mol. The zero-order chi connectivity index (χ0) is 22.1. The molecule has 1 aromatic heterocycles. The van der Waals surface area contributed by atoms with Gasteiger partial charge in [-0.15, -0.1) is 11.3 Å². The minimum absolute atomic E-state index is 0.160. The Hall–Kier alpha value is -3.13. The predicted octanol–water partition coefficient (Wildman–Crippen LogP) is 4.46. The highest BCUT2D eigenvalue weighted by Gasteiger charge is 2.27. The van der Waals surface area contributed by atoms with E-state index in [2.05, 4.69) is 5.32 Å².